The summed E-state index contributed by atoms with van der Waals surface area (Å²) in [4.78, 5) is 31.3. The predicted molar refractivity (Wildman–Crippen MR) is 99.7 cm³/mol. The van der Waals surface area contributed by atoms with Gasteiger partial charge in [0.05, 0.1) is 5.69 Å². The molecular weight excluding hydrogens is 334 g/mol. The summed E-state index contributed by atoms with van der Waals surface area (Å²) in [5, 5.41) is 20.5. The second kappa shape index (κ2) is 6.68. The standard InChI is InChI=1S/C19H21N3O4/c1-4-12-16(21-18(24)15(17(12)23)19(25)26)10-5-6-13-11(9-22(2)3)8-20-14(13)7-10/h5-8,20H,4,9H2,1-3H3,(H,25,26)(H2,21,23,24). The topological polar surface area (TPSA) is 109 Å². The molecule has 0 fully saturated rings. The zero-order chi connectivity index (χ0) is 19.0. The lowest BCUT2D eigenvalue weighted by molar-refractivity contribution is 0.0691. The molecule has 0 unspecified atom stereocenters. The van der Waals surface area contributed by atoms with E-state index < -0.39 is 22.8 Å². The fraction of sp³-hybridized carbons (Fsp3) is 0.263. The molecule has 0 aliphatic rings. The van der Waals surface area contributed by atoms with Crippen molar-refractivity contribution in [3.63, 3.8) is 0 Å². The Hall–Kier alpha value is -3.06. The van der Waals surface area contributed by atoms with Crippen LogP contribution in [0.15, 0.2) is 29.2 Å². The van der Waals surface area contributed by atoms with Gasteiger partial charge < -0.3 is 25.1 Å². The van der Waals surface area contributed by atoms with Crippen LogP contribution in [0.5, 0.6) is 5.75 Å². The van der Waals surface area contributed by atoms with Crippen molar-refractivity contribution in [3.8, 4) is 17.0 Å². The average Bonchev–Trinajstić information content (AvgIpc) is 2.95. The Morgan fingerprint density at radius 3 is 2.62 bits per heavy atom. The van der Waals surface area contributed by atoms with Gasteiger partial charge in [0.15, 0.2) is 5.56 Å². The van der Waals surface area contributed by atoms with E-state index in [1.165, 1.54) is 0 Å². The number of rotatable bonds is 5. The minimum atomic E-state index is -1.45. The number of aromatic amines is 2. The first kappa shape index (κ1) is 17.8. The molecule has 0 saturated heterocycles. The van der Waals surface area contributed by atoms with Crippen molar-refractivity contribution in [3.05, 3.63) is 51.4 Å². The summed E-state index contributed by atoms with van der Waals surface area (Å²) in [6.07, 6.45) is 2.33. The van der Waals surface area contributed by atoms with E-state index in [4.69, 9.17) is 5.11 Å². The first-order valence-electron chi connectivity index (χ1n) is 8.30. The minimum Gasteiger partial charge on any atom is -0.506 e. The SMILES string of the molecule is CCc1c(-c2ccc3c(CN(C)C)c[nH]c3c2)[nH]c(=O)c(C(=O)O)c1O. The zero-order valence-electron chi connectivity index (χ0n) is 14.9. The van der Waals surface area contributed by atoms with Gasteiger partial charge in [-0.2, -0.15) is 0 Å². The summed E-state index contributed by atoms with van der Waals surface area (Å²) in [7, 11) is 4.00. The number of nitrogens with one attached hydrogen (secondary N) is 2. The number of carbonyl (C=O) groups is 1. The third kappa shape index (κ3) is 2.97. The summed E-state index contributed by atoms with van der Waals surface area (Å²) < 4.78 is 0. The van der Waals surface area contributed by atoms with Gasteiger partial charge in [0.25, 0.3) is 5.56 Å². The number of pyridine rings is 1. The Bertz CT molecular complexity index is 1050. The summed E-state index contributed by atoms with van der Waals surface area (Å²) >= 11 is 0. The Labute approximate surface area is 149 Å². The first-order valence-corrected chi connectivity index (χ1v) is 8.30. The number of benzene rings is 1. The van der Waals surface area contributed by atoms with Gasteiger partial charge in [0.2, 0.25) is 0 Å². The molecule has 0 aliphatic heterocycles. The lowest BCUT2D eigenvalue weighted by Gasteiger charge is -2.12. The van der Waals surface area contributed by atoms with Crippen LogP contribution in [0.4, 0.5) is 0 Å². The van der Waals surface area contributed by atoms with Crippen LogP contribution in [0.1, 0.15) is 28.4 Å². The van der Waals surface area contributed by atoms with Crippen molar-refractivity contribution in [2.24, 2.45) is 0 Å². The highest BCUT2D eigenvalue weighted by molar-refractivity contribution is 5.93. The van der Waals surface area contributed by atoms with Gasteiger partial charge in [0.1, 0.15) is 5.75 Å². The molecule has 4 N–H and O–H groups in total. The highest BCUT2D eigenvalue weighted by atomic mass is 16.4. The number of fused-ring (bicyclic) bond motifs is 1. The second-order valence-corrected chi connectivity index (χ2v) is 6.50. The molecule has 0 aliphatic carbocycles. The van der Waals surface area contributed by atoms with E-state index in [9.17, 15) is 14.7 Å². The highest BCUT2D eigenvalue weighted by Crippen LogP contribution is 2.32. The molecule has 0 atom stereocenters. The van der Waals surface area contributed by atoms with E-state index in [1.54, 1.807) is 6.92 Å². The van der Waals surface area contributed by atoms with E-state index in [0.29, 0.717) is 23.2 Å². The van der Waals surface area contributed by atoms with Crippen LogP contribution < -0.4 is 5.56 Å². The summed E-state index contributed by atoms with van der Waals surface area (Å²) in [6.45, 7) is 2.59. The molecule has 0 saturated carbocycles. The summed E-state index contributed by atoms with van der Waals surface area (Å²) in [6, 6.07) is 5.71. The Morgan fingerprint density at radius 2 is 2.00 bits per heavy atom. The lowest BCUT2D eigenvalue weighted by atomic mass is 9.99. The normalized spacial score (nSPS) is 11.4. The smallest absolute Gasteiger partial charge is 0.345 e. The number of aromatic carboxylic acids is 1. The first-order chi connectivity index (χ1) is 12.3. The molecule has 136 valence electrons. The van der Waals surface area contributed by atoms with E-state index in [2.05, 4.69) is 14.9 Å². The maximum atomic E-state index is 12.1. The molecule has 7 nitrogen and oxygen atoms in total. The number of H-pyrrole nitrogens is 2. The van der Waals surface area contributed by atoms with Crippen LogP contribution in [0.25, 0.3) is 22.2 Å². The van der Waals surface area contributed by atoms with Crippen molar-refractivity contribution in [1.29, 1.82) is 0 Å². The van der Waals surface area contributed by atoms with Gasteiger partial charge in [-0.1, -0.05) is 19.1 Å². The van der Waals surface area contributed by atoms with Crippen molar-refractivity contribution in [2.75, 3.05) is 14.1 Å². The Kier molecular flexibility index (Phi) is 4.56. The Balaban J connectivity index is 2.18. The number of hydrogen-bond donors (Lipinski definition) is 4. The van der Waals surface area contributed by atoms with Gasteiger partial charge >= 0.3 is 5.97 Å². The number of carboxylic acids is 1. The predicted octanol–water partition coefficient (Wildman–Crippen LogP) is 2.55. The molecule has 26 heavy (non-hydrogen) atoms. The number of nitrogens with zero attached hydrogens (tertiary/aromatic N) is 1. The molecule has 2 aromatic heterocycles. The maximum absolute atomic E-state index is 12.1. The molecule has 3 aromatic rings. The van der Waals surface area contributed by atoms with Gasteiger partial charge in [-0.05, 0) is 32.1 Å². The second-order valence-electron chi connectivity index (χ2n) is 6.50. The molecule has 0 bridgehead atoms. The molecule has 2 heterocycles. The molecular formula is C19H21N3O4. The molecule has 1 aromatic carbocycles. The van der Waals surface area contributed by atoms with E-state index in [0.717, 1.165) is 23.0 Å². The third-order valence-corrected chi connectivity index (χ3v) is 4.40. The largest absolute Gasteiger partial charge is 0.506 e. The van der Waals surface area contributed by atoms with Gasteiger partial charge in [-0.3, -0.25) is 4.79 Å². The van der Waals surface area contributed by atoms with Crippen LogP contribution in [0.3, 0.4) is 0 Å². The van der Waals surface area contributed by atoms with E-state index in [1.807, 2.05) is 38.5 Å². The van der Waals surface area contributed by atoms with Crippen LogP contribution in [0.2, 0.25) is 0 Å². The van der Waals surface area contributed by atoms with Crippen molar-refractivity contribution in [2.45, 2.75) is 19.9 Å². The molecule has 7 heteroatoms. The minimum absolute atomic E-state index is 0.382. The number of carboxylic acid groups (broad SMARTS) is 1. The molecule has 0 spiro atoms. The Morgan fingerprint density at radius 1 is 1.27 bits per heavy atom. The summed E-state index contributed by atoms with van der Waals surface area (Å²) in [5.41, 5.74) is 2.17. The van der Waals surface area contributed by atoms with Crippen LogP contribution >= 0.6 is 0 Å². The van der Waals surface area contributed by atoms with Crippen molar-refractivity contribution >= 4 is 16.9 Å². The van der Waals surface area contributed by atoms with Crippen LogP contribution in [-0.4, -0.2) is 45.1 Å². The van der Waals surface area contributed by atoms with E-state index in [-0.39, 0.29) is 0 Å². The fourth-order valence-corrected chi connectivity index (χ4v) is 3.23. The number of aromatic nitrogens is 2. The van der Waals surface area contributed by atoms with Crippen LogP contribution in [-0.2, 0) is 13.0 Å². The van der Waals surface area contributed by atoms with Crippen molar-refractivity contribution in [1.82, 2.24) is 14.9 Å². The number of aromatic hydroxyl groups is 1. The van der Waals surface area contributed by atoms with Crippen molar-refractivity contribution < 1.29 is 15.0 Å². The monoisotopic (exact) mass is 355 g/mol. The highest BCUT2D eigenvalue weighted by Gasteiger charge is 2.22. The van der Waals surface area contributed by atoms with E-state index >= 15 is 0 Å². The third-order valence-electron chi connectivity index (χ3n) is 4.40. The van der Waals surface area contributed by atoms with Gasteiger partial charge in [0, 0.05) is 34.8 Å². The van der Waals surface area contributed by atoms with Gasteiger partial charge in [-0.25, -0.2) is 4.79 Å². The summed E-state index contributed by atoms with van der Waals surface area (Å²) in [5.74, 6) is -1.92. The molecule has 0 amide bonds. The zero-order valence-corrected chi connectivity index (χ0v) is 14.9. The van der Waals surface area contributed by atoms with Crippen LogP contribution in [0, 0.1) is 0 Å². The lowest BCUT2D eigenvalue weighted by Crippen LogP contribution is -2.20. The molecule has 3 rings (SSSR count). The average molecular weight is 355 g/mol. The quantitative estimate of drug-likeness (QED) is 0.562. The van der Waals surface area contributed by atoms with Gasteiger partial charge in [-0.15, -0.1) is 0 Å². The molecule has 0 radical (unpaired) electrons. The fourth-order valence-electron chi connectivity index (χ4n) is 3.23. The number of hydrogen-bond acceptors (Lipinski definition) is 4. The maximum Gasteiger partial charge on any atom is 0.345 e.